The van der Waals surface area contributed by atoms with Crippen LogP contribution in [0.3, 0.4) is 0 Å². The summed E-state index contributed by atoms with van der Waals surface area (Å²) >= 11 is -2.67. The van der Waals surface area contributed by atoms with Crippen LogP contribution in [-0.4, -0.2) is 56.8 Å². The zero-order valence-electron chi connectivity index (χ0n) is 22.4. The lowest BCUT2D eigenvalue weighted by Crippen LogP contribution is -2.39. The van der Waals surface area contributed by atoms with Crippen LogP contribution in [-0.2, 0) is 16.0 Å². The molecule has 0 amide bonds. The van der Waals surface area contributed by atoms with Gasteiger partial charge in [0.15, 0.2) is 0 Å². The molecule has 1 unspecified atom stereocenters. The number of benzene rings is 3. The van der Waals surface area contributed by atoms with Gasteiger partial charge >= 0.3 is 5.97 Å². The van der Waals surface area contributed by atoms with Gasteiger partial charge in [-0.15, -0.1) is 0 Å². The quantitative estimate of drug-likeness (QED) is 0.215. The Bertz CT molecular complexity index is 1260. The molecule has 10 heteroatoms. The fourth-order valence-electron chi connectivity index (χ4n) is 4.92. The van der Waals surface area contributed by atoms with E-state index in [2.05, 4.69) is 5.32 Å². The number of phenolic OH excluding ortho intramolecular Hbond substituents is 1. The Morgan fingerprint density at radius 1 is 1.07 bits per heavy atom. The fourth-order valence-corrected chi connectivity index (χ4v) is 5.52. The third-order valence-corrected chi connectivity index (χ3v) is 7.72. The molecular formula is C30H35N2O7S-. The van der Waals surface area contributed by atoms with Gasteiger partial charge in [0.25, 0.3) is 0 Å². The minimum atomic E-state index is -2.67. The van der Waals surface area contributed by atoms with Crippen LogP contribution in [0.2, 0.25) is 0 Å². The number of nitrogens with one attached hydrogen (secondary N) is 1. The number of anilines is 2. The smallest absolute Gasteiger partial charge is 0.338 e. The molecule has 0 spiro atoms. The Balaban J connectivity index is 1.24. The third-order valence-electron chi connectivity index (χ3n) is 7.01. The average molecular weight is 568 g/mol. The van der Waals surface area contributed by atoms with Crippen LogP contribution < -0.4 is 14.4 Å². The Morgan fingerprint density at radius 3 is 2.42 bits per heavy atom. The summed E-state index contributed by atoms with van der Waals surface area (Å²) in [5, 5.41) is 24.2. The number of para-hydroxylation sites is 1. The van der Waals surface area contributed by atoms with Gasteiger partial charge in [0, 0.05) is 18.7 Å². The molecule has 3 aromatic rings. The highest BCUT2D eigenvalue weighted by atomic mass is 32.2. The maximum absolute atomic E-state index is 11.9. The summed E-state index contributed by atoms with van der Waals surface area (Å²) in [6.45, 7) is 2.51. The van der Waals surface area contributed by atoms with Gasteiger partial charge in [0.2, 0.25) is 0 Å². The van der Waals surface area contributed by atoms with Crippen molar-refractivity contribution in [2.75, 3.05) is 24.1 Å². The molecular weight excluding hydrogens is 532 g/mol. The molecule has 3 aromatic carbocycles. The normalized spacial score (nSPS) is 18.5. The monoisotopic (exact) mass is 567 g/mol. The molecule has 1 saturated carbocycles. The van der Waals surface area contributed by atoms with Gasteiger partial charge in [0.05, 0.1) is 34.8 Å². The Kier molecular flexibility index (Phi) is 10.5. The first-order valence-corrected chi connectivity index (χ1v) is 14.5. The first-order valence-electron chi connectivity index (χ1n) is 13.4. The number of ether oxygens (including phenoxy) is 2. The third kappa shape index (κ3) is 7.82. The number of phenols is 1. The lowest BCUT2D eigenvalue weighted by molar-refractivity contribution is 0.0526. The van der Waals surface area contributed by atoms with E-state index in [4.69, 9.17) is 9.47 Å². The highest BCUT2D eigenvalue weighted by Gasteiger charge is 2.23. The van der Waals surface area contributed by atoms with Crippen LogP contribution in [0, 0.1) is 0 Å². The molecule has 1 fully saturated rings. The number of carbonyl (C=O) groups excluding carboxylic acids is 1. The van der Waals surface area contributed by atoms with Crippen molar-refractivity contribution in [2.45, 2.75) is 50.7 Å². The number of aliphatic hydroxyl groups excluding tert-OH is 1. The van der Waals surface area contributed by atoms with Gasteiger partial charge in [-0.2, -0.15) is 0 Å². The summed E-state index contributed by atoms with van der Waals surface area (Å²) in [6, 6.07) is 20.7. The van der Waals surface area contributed by atoms with Gasteiger partial charge < -0.3 is 29.6 Å². The molecule has 3 N–H and O–H groups in total. The van der Waals surface area contributed by atoms with E-state index in [1.54, 1.807) is 37.3 Å². The molecule has 0 heterocycles. The maximum Gasteiger partial charge on any atom is 0.338 e. The van der Waals surface area contributed by atoms with Crippen molar-refractivity contribution in [3.8, 4) is 11.5 Å². The van der Waals surface area contributed by atoms with E-state index in [1.807, 2.05) is 24.3 Å². The van der Waals surface area contributed by atoms with Crippen LogP contribution in [0.15, 0.2) is 72.8 Å². The molecule has 1 aliphatic rings. The van der Waals surface area contributed by atoms with Crippen LogP contribution in [0.5, 0.6) is 11.5 Å². The zero-order valence-corrected chi connectivity index (χ0v) is 23.2. The molecule has 0 aliphatic heterocycles. The van der Waals surface area contributed by atoms with Crippen LogP contribution >= 0.6 is 0 Å². The first-order chi connectivity index (χ1) is 19.4. The van der Waals surface area contributed by atoms with E-state index in [0.717, 1.165) is 30.0 Å². The van der Waals surface area contributed by atoms with E-state index in [0.29, 0.717) is 36.1 Å². The van der Waals surface area contributed by atoms with E-state index in [-0.39, 0.29) is 30.1 Å². The van der Waals surface area contributed by atoms with Crippen molar-refractivity contribution in [1.29, 1.82) is 0 Å². The molecule has 4 rings (SSSR count). The molecule has 0 bridgehead atoms. The number of esters is 1. The molecule has 2 atom stereocenters. The molecule has 0 radical (unpaired) electrons. The second kappa shape index (κ2) is 14.3. The van der Waals surface area contributed by atoms with Gasteiger partial charge in [-0.1, -0.05) is 30.3 Å². The lowest BCUT2D eigenvalue weighted by atomic mass is 9.81. The second-order valence-electron chi connectivity index (χ2n) is 9.76. The SMILES string of the molecule is CCOC(=O)c1ccc(C2CCC(NC[C@H](O)COc3ccc(O)c(N(c4ccccc4)S(=O)[O-])c3)CC2)cc1. The number of aliphatic hydroxyl groups is 1. The first kappa shape index (κ1) is 29.5. The molecule has 214 valence electrons. The number of hydrogen-bond donors (Lipinski definition) is 3. The topological polar surface area (TPSA) is 131 Å². The van der Waals surface area contributed by atoms with Crippen molar-refractivity contribution in [1.82, 2.24) is 5.32 Å². The number of carbonyl (C=O) groups is 1. The second-order valence-corrected chi connectivity index (χ2v) is 10.6. The van der Waals surface area contributed by atoms with Crippen LogP contribution in [0.25, 0.3) is 0 Å². The Hall–Kier alpha value is -3.44. The summed E-state index contributed by atoms with van der Waals surface area (Å²) in [5.41, 5.74) is 2.21. The number of aromatic hydroxyl groups is 1. The molecule has 1 aliphatic carbocycles. The highest BCUT2D eigenvalue weighted by Crippen LogP contribution is 2.37. The summed E-state index contributed by atoms with van der Waals surface area (Å²) < 4.78 is 35.6. The van der Waals surface area contributed by atoms with Crippen molar-refractivity contribution in [2.24, 2.45) is 0 Å². The number of hydrogen-bond acceptors (Lipinski definition) is 8. The molecule has 9 nitrogen and oxygen atoms in total. The number of rotatable bonds is 12. The highest BCUT2D eigenvalue weighted by molar-refractivity contribution is 7.81. The minimum Gasteiger partial charge on any atom is -0.755 e. The molecule has 0 aromatic heterocycles. The van der Waals surface area contributed by atoms with E-state index >= 15 is 0 Å². The Morgan fingerprint density at radius 2 is 1.77 bits per heavy atom. The van der Waals surface area contributed by atoms with Gasteiger partial charge in [-0.3, -0.25) is 8.51 Å². The minimum absolute atomic E-state index is 0.00513. The fraction of sp³-hybridized carbons (Fsp3) is 0.367. The molecule has 0 saturated heterocycles. The van der Waals surface area contributed by atoms with Gasteiger partial charge in [-0.25, -0.2) is 4.79 Å². The van der Waals surface area contributed by atoms with Gasteiger partial charge in [0.1, 0.15) is 24.2 Å². The van der Waals surface area contributed by atoms with Crippen molar-refractivity contribution in [3.05, 3.63) is 83.9 Å². The van der Waals surface area contributed by atoms with Crippen LogP contribution in [0.1, 0.15) is 54.4 Å². The largest absolute Gasteiger partial charge is 0.755 e. The van der Waals surface area contributed by atoms with Gasteiger partial charge in [-0.05, 0) is 80.5 Å². The average Bonchev–Trinajstić information content (AvgIpc) is 2.97. The lowest BCUT2D eigenvalue weighted by Gasteiger charge is -2.30. The number of nitrogens with zero attached hydrogens (tertiary/aromatic N) is 1. The zero-order chi connectivity index (χ0) is 28.5. The summed E-state index contributed by atoms with van der Waals surface area (Å²) in [6.07, 6.45) is 3.20. The summed E-state index contributed by atoms with van der Waals surface area (Å²) in [7, 11) is 0. The predicted octanol–water partition coefficient (Wildman–Crippen LogP) is 4.56. The standard InChI is InChI=1S/C30H36N2O7S/c1-2-38-30(35)23-10-8-21(9-11-23)22-12-14-24(15-13-22)31-19-26(33)20-39-27-16-17-29(34)28(18-27)32(40(36)37)25-6-4-3-5-7-25/h3-11,16-18,22,24,26,31,33-34H,2,12-15,19-20H2,1H3,(H,36,37)/p-1/t22?,24?,26-/m0/s1. The van der Waals surface area contributed by atoms with E-state index < -0.39 is 17.4 Å². The molecule has 40 heavy (non-hydrogen) atoms. The predicted molar refractivity (Wildman–Crippen MR) is 153 cm³/mol. The van der Waals surface area contributed by atoms with Crippen molar-refractivity contribution >= 4 is 28.6 Å². The maximum atomic E-state index is 11.9. The summed E-state index contributed by atoms with van der Waals surface area (Å²) in [4.78, 5) is 11.9. The van der Waals surface area contributed by atoms with Crippen molar-refractivity contribution < 1.29 is 33.2 Å². The summed E-state index contributed by atoms with van der Waals surface area (Å²) in [5.74, 6) is 0.245. The van der Waals surface area contributed by atoms with E-state index in [1.165, 1.54) is 23.8 Å². The van der Waals surface area contributed by atoms with E-state index in [9.17, 15) is 23.8 Å². The Labute approximate surface area is 237 Å². The van der Waals surface area contributed by atoms with Crippen LogP contribution in [0.4, 0.5) is 11.4 Å². The van der Waals surface area contributed by atoms with Crippen molar-refractivity contribution in [3.63, 3.8) is 0 Å².